The number of benzene rings is 1. The second-order valence-corrected chi connectivity index (χ2v) is 9.41. The largest absolute Gasteiger partial charge is 0.383 e. The molecule has 1 aromatic carbocycles. The number of carbonyl (C=O) groups excluding carboxylic acids is 1. The van der Waals surface area contributed by atoms with Crippen molar-refractivity contribution in [1.29, 1.82) is 0 Å². The average Bonchev–Trinajstić information content (AvgIpc) is 3.06. The summed E-state index contributed by atoms with van der Waals surface area (Å²) in [5.74, 6) is 0.192. The van der Waals surface area contributed by atoms with Crippen LogP contribution >= 0.6 is 24.0 Å². The van der Waals surface area contributed by atoms with Crippen molar-refractivity contribution in [2.75, 3.05) is 25.6 Å². The number of pyridine rings is 1. The Kier molecular flexibility index (Phi) is 6.92. The van der Waals surface area contributed by atoms with Crippen molar-refractivity contribution in [2.45, 2.75) is 20.4 Å². The fourth-order valence-electron chi connectivity index (χ4n) is 3.49. The van der Waals surface area contributed by atoms with Crippen molar-refractivity contribution in [3.05, 3.63) is 80.1 Å². The molecule has 1 N–H and O–H groups in total. The van der Waals surface area contributed by atoms with Gasteiger partial charge in [-0.15, -0.1) is 0 Å². The second-order valence-electron chi connectivity index (χ2n) is 7.74. The lowest BCUT2D eigenvalue weighted by Crippen LogP contribution is -2.27. The molecule has 1 saturated heterocycles. The molecule has 0 bridgehead atoms. The zero-order valence-electron chi connectivity index (χ0n) is 18.6. The van der Waals surface area contributed by atoms with E-state index in [1.54, 1.807) is 30.3 Å². The number of thioether (sulfide) groups is 1. The summed E-state index contributed by atoms with van der Waals surface area (Å²) < 4.78 is 7.08. The van der Waals surface area contributed by atoms with Crippen LogP contribution in [0.25, 0.3) is 11.7 Å². The smallest absolute Gasteiger partial charge is 0.267 e. The van der Waals surface area contributed by atoms with E-state index in [2.05, 4.69) is 10.3 Å². The number of methoxy groups -OCH3 is 1. The minimum absolute atomic E-state index is 0.220. The van der Waals surface area contributed by atoms with Crippen molar-refractivity contribution in [3.63, 3.8) is 0 Å². The maximum atomic E-state index is 13.4. The molecule has 0 spiro atoms. The zero-order chi connectivity index (χ0) is 23.5. The Labute approximate surface area is 201 Å². The van der Waals surface area contributed by atoms with E-state index >= 15 is 0 Å². The molecule has 170 valence electrons. The lowest BCUT2D eigenvalue weighted by atomic mass is 10.1. The summed E-state index contributed by atoms with van der Waals surface area (Å²) in [6, 6.07) is 11.7. The highest BCUT2D eigenvalue weighted by molar-refractivity contribution is 8.26. The lowest BCUT2D eigenvalue weighted by Gasteiger charge is -2.14. The summed E-state index contributed by atoms with van der Waals surface area (Å²) in [6.45, 7) is 5.22. The van der Waals surface area contributed by atoms with Crippen LogP contribution in [0.1, 0.15) is 22.3 Å². The number of thiocarbonyl (C=S) groups is 1. The molecule has 0 aliphatic carbocycles. The van der Waals surface area contributed by atoms with Crippen molar-refractivity contribution < 1.29 is 9.53 Å². The first-order chi connectivity index (χ1) is 15.9. The molecule has 0 saturated carbocycles. The van der Waals surface area contributed by atoms with Gasteiger partial charge in [0.05, 0.1) is 23.6 Å². The van der Waals surface area contributed by atoms with Gasteiger partial charge in [-0.25, -0.2) is 4.98 Å². The Bertz CT molecular complexity index is 1320. The van der Waals surface area contributed by atoms with Crippen molar-refractivity contribution in [2.24, 2.45) is 0 Å². The van der Waals surface area contributed by atoms with Crippen LogP contribution in [0.15, 0.2) is 52.3 Å². The van der Waals surface area contributed by atoms with E-state index < -0.39 is 0 Å². The Balaban J connectivity index is 1.72. The molecule has 9 heteroatoms. The SMILES string of the molecule is COCCNc1nc2c(C)cccn2c(=O)c1C=C1SC(=S)N(Cc2ccc(C)cc2)C1=O. The summed E-state index contributed by atoms with van der Waals surface area (Å²) in [5, 5.41) is 3.17. The standard InChI is InChI=1S/C24H24N4O3S2/c1-15-6-8-17(9-7-15)14-28-23(30)19(33-24(28)32)13-18-20(25-10-12-31-3)26-21-16(2)5-4-11-27(21)22(18)29/h4-9,11,13,25H,10,12,14H2,1-3H3. The summed E-state index contributed by atoms with van der Waals surface area (Å²) in [5.41, 5.74) is 3.63. The molecule has 1 fully saturated rings. The van der Waals surface area contributed by atoms with Gasteiger partial charge in [-0.05, 0) is 37.1 Å². The minimum atomic E-state index is -0.257. The summed E-state index contributed by atoms with van der Waals surface area (Å²) in [4.78, 5) is 33.2. The number of aromatic nitrogens is 2. The summed E-state index contributed by atoms with van der Waals surface area (Å²) >= 11 is 6.67. The van der Waals surface area contributed by atoms with Gasteiger partial charge < -0.3 is 10.1 Å². The van der Waals surface area contributed by atoms with Crippen LogP contribution in [0.3, 0.4) is 0 Å². The molecule has 1 aliphatic heterocycles. The molecule has 7 nitrogen and oxygen atoms in total. The molecule has 3 heterocycles. The Morgan fingerprint density at radius 2 is 1.94 bits per heavy atom. The fourth-order valence-corrected chi connectivity index (χ4v) is 4.73. The van der Waals surface area contributed by atoms with Gasteiger partial charge in [0.15, 0.2) is 0 Å². The molecule has 4 rings (SSSR count). The maximum absolute atomic E-state index is 13.4. The molecule has 0 atom stereocenters. The number of amides is 1. The van der Waals surface area contributed by atoms with Gasteiger partial charge in [-0.3, -0.25) is 18.9 Å². The van der Waals surface area contributed by atoms with Crippen LogP contribution in [0.5, 0.6) is 0 Å². The van der Waals surface area contributed by atoms with Gasteiger partial charge in [0.25, 0.3) is 11.5 Å². The van der Waals surface area contributed by atoms with Gasteiger partial charge in [-0.1, -0.05) is 59.9 Å². The first kappa shape index (κ1) is 23.2. The van der Waals surface area contributed by atoms with Crippen molar-refractivity contribution in [3.8, 4) is 0 Å². The first-order valence-electron chi connectivity index (χ1n) is 10.4. The number of anilines is 1. The summed E-state index contributed by atoms with van der Waals surface area (Å²) in [6.07, 6.45) is 3.27. The van der Waals surface area contributed by atoms with Crippen LogP contribution < -0.4 is 10.9 Å². The predicted octanol–water partition coefficient (Wildman–Crippen LogP) is 3.77. The number of rotatable bonds is 7. The fraction of sp³-hybridized carbons (Fsp3) is 0.250. The molecule has 2 aromatic heterocycles. The number of carbonyl (C=O) groups is 1. The van der Waals surface area contributed by atoms with E-state index in [9.17, 15) is 9.59 Å². The minimum Gasteiger partial charge on any atom is -0.383 e. The monoisotopic (exact) mass is 480 g/mol. The third-order valence-corrected chi connectivity index (χ3v) is 6.67. The highest BCUT2D eigenvalue weighted by atomic mass is 32.2. The van der Waals surface area contributed by atoms with Crippen LogP contribution in [-0.4, -0.2) is 44.8 Å². The van der Waals surface area contributed by atoms with Crippen LogP contribution in [0.4, 0.5) is 5.82 Å². The van der Waals surface area contributed by atoms with Gasteiger partial charge in [0.2, 0.25) is 0 Å². The first-order valence-corrected chi connectivity index (χ1v) is 11.7. The number of aryl methyl sites for hydroxylation is 2. The number of hydrogen-bond donors (Lipinski definition) is 1. The van der Waals surface area contributed by atoms with Crippen molar-refractivity contribution >= 4 is 51.7 Å². The van der Waals surface area contributed by atoms with Crippen LogP contribution in [0.2, 0.25) is 0 Å². The zero-order valence-corrected chi connectivity index (χ0v) is 20.3. The van der Waals surface area contributed by atoms with E-state index in [1.807, 2.05) is 44.2 Å². The van der Waals surface area contributed by atoms with Crippen LogP contribution in [-0.2, 0) is 16.1 Å². The van der Waals surface area contributed by atoms with Gasteiger partial charge in [0.1, 0.15) is 15.8 Å². The Morgan fingerprint density at radius 1 is 1.18 bits per heavy atom. The topological polar surface area (TPSA) is 75.9 Å². The molecule has 3 aromatic rings. The van der Waals surface area contributed by atoms with E-state index in [0.29, 0.717) is 46.0 Å². The molecule has 0 unspecified atom stereocenters. The number of nitrogens with one attached hydrogen (secondary N) is 1. The third kappa shape index (κ3) is 4.85. The molecular weight excluding hydrogens is 456 g/mol. The highest BCUT2D eigenvalue weighted by Crippen LogP contribution is 2.34. The second kappa shape index (κ2) is 9.86. The Hall–Kier alpha value is -3.01. The van der Waals surface area contributed by atoms with Crippen molar-refractivity contribution in [1.82, 2.24) is 14.3 Å². The van der Waals surface area contributed by atoms with E-state index in [4.69, 9.17) is 17.0 Å². The molecule has 1 amide bonds. The number of ether oxygens (including phenoxy) is 1. The highest BCUT2D eigenvalue weighted by Gasteiger charge is 2.32. The van der Waals surface area contributed by atoms with E-state index in [-0.39, 0.29) is 11.5 Å². The Morgan fingerprint density at radius 3 is 2.67 bits per heavy atom. The maximum Gasteiger partial charge on any atom is 0.267 e. The average molecular weight is 481 g/mol. The van der Waals surface area contributed by atoms with Gasteiger partial charge in [-0.2, -0.15) is 0 Å². The quantitative estimate of drug-likeness (QED) is 0.313. The lowest BCUT2D eigenvalue weighted by molar-refractivity contribution is -0.122. The van der Waals surface area contributed by atoms with Gasteiger partial charge in [0, 0.05) is 19.9 Å². The number of nitrogens with zero attached hydrogens (tertiary/aromatic N) is 3. The third-order valence-electron chi connectivity index (χ3n) is 5.29. The van der Waals surface area contributed by atoms with E-state index in [1.165, 1.54) is 16.2 Å². The van der Waals surface area contributed by atoms with Gasteiger partial charge >= 0.3 is 0 Å². The number of fused-ring (bicyclic) bond motifs is 1. The van der Waals surface area contributed by atoms with Crippen LogP contribution in [0, 0.1) is 13.8 Å². The molecule has 33 heavy (non-hydrogen) atoms. The molecule has 0 radical (unpaired) electrons. The normalized spacial score (nSPS) is 15.1. The predicted molar refractivity (Wildman–Crippen MR) is 136 cm³/mol. The van der Waals surface area contributed by atoms with E-state index in [0.717, 1.165) is 16.7 Å². The summed E-state index contributed by atoms with van der Waals surface area (Å²) in [7, 11) is 1.61. The molecular formula is C24H24N4O3S2. The molecule has 1 aliphatic rings. The number of hydrogen-bond acceptors (Lipinski definition) is 7.